The summed E-state index contributed by atoms with van der Waals surface area (Å²) in [5.74, 6) is 0. The van der Waals surface area contributed by atoms with Crippen LogP contribution in [0.15, 0.2) is 22.7 Å². The highest BCUT2D eigenvalue weighted by atomic mass is 79.9. The lowest BCUT2D eigenvalue weighted by atomic mass is 10.1. The zero-order valence-corrected chi connectivity index (χ0v) is 8.78. The number of aldehydes is 1. The van der Waals surface area contributed by atoms with E-state index >= 15 is 0 Å². The van der Waals surface area contributed by atoms with Crippen molar-refractivity contribution in [2.45, 2.75) is 0 Å². The molecule has 0 amide bonds. The third-order valence-corrected chi connectivity index (χ3v) is 3.36. The number of halogens is 2. The number of carbonyl (C=O) groups is 1. The van der Waals surface area contributed by atoms with Crippen molar-refractivity contribution in [1.82, 2.24) is 0 Å². The average Bonchev–Trinajstić information content (AvgIpc) is 2.45. The first-order valence-electron chi connectivity index (χ1n) is 3.55. The summed E-state index contributed by atoms with van der Waals surface area (Å²) in [6.07, 6.45) is 0.735. The van der Waals surface area contributed by atoms with Crippen LogP contribution in [0.1, 0.15) is 10.4 Å². The molecule has 2 rings (SSSR count). The van der Waals surface area contributed by atoms with Gasteiger partial charge in [0.05, 0.1) is 0 Å². The topological polar surface area (TPSA) is 17.1 Å². The van der Waals surface area contributed by atoms with E-state index in [1.165, 1.54) is 6.07 Å². The highest BCUT2D eigenvalue weighted by molar-refractivity contribution is 9.10. The molecule has 0 fully saturated rings. The fourth-order valence-corrected chi connectivity index (χ4v) is 2.44. The molecule has 0 aliphatic heterocycles. The lowest BCUT2D eigenvalue weighted by molar-refractivity contribution is 0.112. The Balaban J connectivity index is 2.90. The van der Waals surface area contributed by atoms with Gasteiger partial charge in [-0.25, -0.2) is 0 Å². The van der Waals surface area contributed by atoms with Crippen molar-refractivity contribution in [2.24, 2.45) is 0 Å². The molecule has 4 heteroatoms. The van der Waals surface area contributed by atoms with Gasteiger partial charge in [0.15, 0.2) is 11.4 Å². The van der Waals surface area contributed by atoms with Crippen LogP contribution >= 0.6 is 27.3 Å². The Morgan fingerprint density at radius 1 is 1.46 bits per heavy atom. The van der Waals surface area contributed by atoms with Crippen LogP contribution < -0.4 is 0 Å². The summed E-state index contributed by atoms with van der Waals surface area (Å²) in [6, 6.07) is 4.93. The van der Waals surface area contributed by atoms with Crippen LogP contribution in [0.25, 0.3) is 10.1 Å². The predicted octanol–water partition coefficient (Wildman–Crippen LogP) is 3.62. The minimum Gasteiger partial charge on any atom is -0.298 e. The number of carbonyl (C=O) groups excluding carboxylic acids is 1. The normalized spacial score (nSPS) is 10.6. The van der Waals surface area contributed by atoms with E-state index in [1.54, 1.807) is 12.1 Å². The molecule has 1 aromatic carbocycles. The van der Waals surface area contributed by atoms with Crippen molar-refractivity contribution in [3.05, 3.63) is 33.4 Å². The molecule has 0 spiro atoms. The maximum Gasteiger partial charge on any atom is 0.177 e. The number of rotatable bonds is 1. The van der Waals surface area contributed by atoms with Crippen LogP contribution in [0.3, 0.4) is 0 Å². The monoisotopic (exact) mass is 258 g/mol. The number of hydrogen-bond acceptors (Lipinski definition) is 2. The molecule has 1 nitrogen and oxygen atoms in total. The van der Waals surface area contributed by atoms with Crippen molar-refractivity contribution in [1.29, 1.82) is 0 Å². The van der Waals surface area contributed by atoms with E-state index in [9.17, 15) is 9.18 Å². The van der Waals surface area contributed by atoms with Crippen LogP contribution in [-0.4, -0.2) is 6.29 Å². The number of hydrogen-bond donors (Lipinski definition) is 0. The number of benzene rings is 1. The van der Waals surface area contributed by atoms with Crippen LogP contribution in [-0.2, 0) is 0 Å². The molecule has 0 saturated carbocycles. The summed E-state index contributed by atoms with van der Waals surface area (Å²) in [5.41, 5.74) is 0.512. The van der Waals surface area contributed by atoms with Gasteiger partial charge >= 0.3 is 0 Å². The van der Waals surface area contributed by atoms with Crippen LogP contribution in [0.2, 0.25) is 0 Å². The lowest BCUT2D eigenvalue weighted by Crippen LogP contribution is -1.81. The molecule has 0 atom stereocenters. The second-order valence-corrected chi connectivity index (χ2v) is 4.43. The minimum absolute atomic E-state index is 0.267. The summed E-state index contributed by atoms with van der Waals surface area (Å²) < 4.78 is 14.4. The van der Waals surface area contributed by atoms with E-state index in [1.807, 2.05) is 0 Å². The molecule has 0 N–H and O–H groups in total. The van der Waals surface area contributed by atoms with Gasteiger partial charge in [0.1, 0.15) is 0 Å². The zero-order chi connectivity index (χ0) is 9.42. The second-order valence-electron chi connectivity index (χ2n) is 2.54. The van der Waals surface area contributed by atoms with Gasteiger partial charge < -0.3 is 0 Å². The quantitative estimate of drug-likeness (QED) is 0.715. The summed E-state index contributed by atoms with van der Waals surface area (Å²) in [5, 5.41) is 0.406. The van der Waals surface area contributed by atoms with Crippen molar-refractivity contribution in [3.8, 4) is 0 Å². The van der Waals surface area contributed by atoms with Gasteiger partial charge in [-0.15, -0.1) is 11.3 Å². The maximum atomic E-state index is 12.9. The van der Waals surface area contributed by atoms with E-state index in [-0.39, 0.29) is 5.13 Å². The summed E-state index contributed by atoms with van der Waals surface area (Å²) in [7, 11) is 0. The third kappa shape index (κ3) is 1.40. The van der Waals surface area contributed by atoms with Gasteiger partial charge in [-0.2, -0.15) is 4.39 Å². The second kappa shape index (κ2) is 3.20. The minimum atomic E-state index is -0.267. The van der Waals surface area contributed by atoms with E-state index in [4.69, 9.17) is 0 Å². The molecule has 0 saturated heterocycles. The van der Waals surface area contributed by atoms with Crippen molar-refractivity contribution < 1.29 is 9.18 Å². The molecule has 0 radical (unpaired) electrons. The molecule has 66 valence electrons. The highest BCUT2D eigenvalue weighted by Gasteiger charge is 2.08. The SMILES string of the molecule is O=Cc1c(Br)ccc2sc(F)cc12. The molecule has 1 aromatic heterocycles. The molecule has 0 unspecified atom stereocenters. The Morgan fingerprint density at radius 2 is 2.23 bits per heavy atom. The first-order chi connectivity index (χ1) is 6.22. The van der Waals surface area contributed by atoms with Gasteiger partial charge in [-0.05, 0) is 18.2 Å². The first-order valence-corrected chi connectivity index (χ1v) is 5.16. The zero-order valence-electron chi connectivity index (χ0n) is 6.38. The van der Waals surface area contributed by atoms with Crippen LogP contribution in [0.4, 0.5) is 4.39 Å². The van der Waals surface area contributed by atoms with E-state index in [0.717, 1.165) is 22.3 Å². The van der Waals surface area contributed by atoms with Crippen molar-refractivity contribution in [3.63, 3.8) is 0 Å². The Labute approximate surface area is 86.3 Å². The Hall–Kier alpha value is -0.740. The van der Waals surface area contributed by atoms with Crippen molar-refractivity contribution in [2.75, 3.05) is 0 Å². The predicted molar refractivity (Wildman–Crippen MR) is 54.9 cm³/mol. The van der Waals surface area contributed by atoms with Gasteiger partial charge in [-0.1, -0.05) is 15.9 Å². The van der Waals surface area contributed by atoms with E-state index < -0.39 is 0 Å². The average molecular weight is 259 g/mol. The largest absolute Gasteiger partial charge is 0.298 e. The van der Waals surface area contributed by atoms with Crippen LogP contribution in [0.5, 0.6) is 0 Å². The molecule has 13 heavy (non-hydrogen) atoms. The third-order valence-electron chi connectivity index (χ3n) is 1.78. The smallest absolute Gasteiger partial charge is 0.177 e. The number of fused-ring (bicyclic) bond motifs is 1. The molecule has 0 aliphatic rings. The fourth-order valence-electron chi connectivity index (χ4n) is 1.20. The standard InChI is InChI=1S/C9H4BrFOS/c10-7-1-2-8-5(6(7)4-12)3-9(11)13-8/h1-4H. The summed E-state index contributed by atoms with van der Waals surface area (Å²) in [4.78, 5) is 10.7. The summed E-state index contributed by atoms with van der Waals surface area (Å²) >= 11 is 4.28. The van der Waals surface area contributed by atoms with Gasteiger partial charge in [0, 0.05) is 20.1 Å². The van der Waals surface area contributed by atoms with Gasteiger partial charge in [0.25, 0.3) is 0 Å². The van der Waals surface area contributed by atoms with Gasteiger partial charge in [0.2, 0.25) is 0 Å². The molecule has 0 aliphatic carbocycles. The van der Waals surface area contributed by atoms with E-state index in [0.29, 0.717) is 15.4 Å². The first kappa shape index (κ1) is 8.84. The van der Waals surface area contributed by atoms with Gasteiger partial charge in [-0.3, -0.25) is 4.79 Å². The molecule has 0 bridgehead atoms. The molecule has 1 heterocycles. The lowest BCUT2D eigenvalue weighted by Gasteiger charge is -1.96. The molecular formula is C9H4BrFOS. The Bertz CT molecular complexity index is 478. The van der Waals surface area contributed by atoms with Crippen LogP contribution in [0, 0.1) is 5.13 Å². The summed E-state index contributed by atoms with van der Waals surface area (Å²) in [6.45, 7) is 0. The van der Waals surface area contributed by atoms with Crippen molar-refractivity contribution >= 4 is 43.6 Å². The molecule has 2 aromatic rings. The number of thiophene rings is 1. The fraction of sp³-hybridized carbons (Fsp3) is 0. The molecular weight excluding hydrogens is 255 g/mol. The Kier molecular flexibility index (Phi) is 2.17. The Morgan fingerprint density at radius 3 is 2.92 bits per heavy atom. The highest BCUT2D eigenvalue weighted by Crippen LogP contribution is 2.30. The van der Waals surface area contributed by atoms with E-state index in [2.05, 4.69) is 15.9 Å². The maximum absolute atomic E-state index is 12.9.